The molecule has 0 radical (unpaired) electrons. The molecular weight excluding hydrogens is 338 g/mol. The number of likely N-dealkylation sites (tertiary alicyclic amines) is 1. The first-order chi connectivity index (χ1) is 13.3. The van der Waals surface area contributed by atoms with Gasteiger partial charge in [0.25, 0.3) is 0 Å². The predicted octanol–water partition coefficient (Wildman–Crippen LogP) is 3.66. The Bertz CT molecular complexity index is 864. The number of nitrogen functional groups attached to an aromatic ring is 1. The molecule has 1 aliphatic rings. The lowest BCUT2D eigenvalue weighted by Crippen LogP contribution is -2.36. The summed E-state index contributed by atoms with van der Waals surface area (Å²) in [5, 5.41) is 7.56. The van der Waals surface area contributed by atoms with Crippen molar-refractivity contribution in [3.8, 4) is 16.9 Å². The molecule has 6 nitrogen and oxygen atoms in total. The second kappa shape index (κ2) is 8.22. The zero-order valence-corrected chi connectivity index (χ0v) is 15.3. The third-order valence-electron chi connectivity index (χ3n) is 5.10. The van der Waals surface area contributed by atoms with Crippen molar-refractivity contribution in [2.24, 2.45) is 0 Å². The van der Waals surface area contributed by atoms with Crippen LogP contribution in [0.1, 0.15) is 31.0 Å². The maximum absolute atomic E-state index is 5.91. The third kappa shape index (κ3) is 4.11. The van der Waals surface area contributed by atoms with Crippen LogP contribution < -0.4 is 10.5 Å². The molecule has 3 aromatic rings. The number of para-hydroxylation sites is 1. The van der Waals surface area contributed by atoms with Crippen LogP contribution in [-0.2, 0) is 0 Å². The number of aromatic amines is 1. The summed E-state index contributed by atoms with van der Waals surface area (Å²) >= 11 is 0. The molecule has 3 heterocycles. The topological polar surface area (TPSA) is 80.1 Å². The molecule has 0 aliphatic carbocycles. The average molecular weight is 363 g/mol. The van der Waals surface area contributed by atoms with Gasteiger partial charge in [-0.3, -0.25) is 10.00 Å². The van der Waals surface area contributed by atoms with Crippen molar-refractivity contribution in [3.05, 3.63) is 60.6 Å². The average Bonchev–Trinajstić information content (AvgIpc) is 3.19. The maximum atomic E-state index is 5.91. The van der Waals surface area contributed by atoms with E-state index in [4.69, 9.17) is 10.5 Å². The number of hydrogen-bond acceptors (Lipinski definition) is 5. The highest BCUT2D eigenvalue weighted by molar-refractivity contribution is 5.67. The number of nitrogens with zero attached hydrogens (tertiary/aromatic N) is 3. The first kappa shape index (κ1) is 17.5. The second-order valence-electron chi connectivity index (χ2n) is 6.88. The smallest absolute Gasteiger partial charge is 0.123 e. The quantitative estimate of drug-likeness (QED) is 0.699. The fourth-order valence-corrected chi connectivity index (χ4v) is 3.78. The van der Waals surface area contributed by atoms with Gasteiger partial charge in [-0.05, 0) is 49.2 Å². The summed E-state index contributed by atoms with van der Waals surface area (Å²) < 4.78 is 5.91. The molecule has 1 fully saturated rings. The molecule has 1 aliphatic heterocycles. The van der Waals surface area contributed by atoms with Crippen molar-refractivity contribution in [1.29, 1.82) is 0 Å². The van der Waals surface area contributed by atoms with E-state index in [0.29, 0.717) is 18.5 Å². The van der Waals surface area contributed by atoms with Gasteiger partial charge < -0.3 is 10.5 Å². The van der Waals surface area contributed by atoms with Crippen LogP contribution in [-0.4, -0.2) is 39.8 Å². The molecule has 1 aromatic carbocycles. The van der Waals surface area contributed by atoms with Gasteiger partial charge in [-0.2, -0.15) is 5.10 Å². The van der Waals surface area contributed by atoms with Crippen molar-refractivity contribution in [1.82, 2.24) is 20.1 Å². The lowest BCUT2D eigenvalue weighted by molar-refractivity contribution is 0.121. The maximum Gasteiger partial charge on any atom is 0.123 e. The minimum atomic E-state index is 0.310. The molecule has 140 valence electrons. The highest BCUT2D eigenvalue weighted by Crippen LogP contribution is 2.35. The van der Waals surface area contributed by atoms with E-state index in [0.717, 1.165) is 42.1 Å². The lowest BCUT2D eigenvalue weighted by atomic mass is 9.95. The summed E-state index contributed by atoms with van der Waals surface area (Å²) in [6.07, 6.45) is 7.18. The minimum Gasteiger partial charge on any atom is -0.492 e. The molecule has 27 heavy (non-hydrogen) atoms. The SMILES string of the molecule is Nc1cc(-c2cn[nH]c2[C@@H]2CCCCN2CCOc2ccccc2)ccn1. The van der Waals surface area contributed by atoms with Gasteiger partial charge in [-0.25, -0.2) is 4.98 Å². The summed E-state index contributed by atoms with van der Waals surface area (Å²) in [4.78, 5) is 6.59. The number of anilines is 1. The zero-order chi connectivity index (χ0) is 18.5. The van der Waals surface area contributed by atoms with Crippen LogP contribution in [0.5, 0.6) is 5.75 Å². The number of pyridine rings is 1. The van der Waals surface area contributed by atoms with Crippen LogP contribution in [0.3, 0.4) is 0 Å². The summed E-state index contributed by atoms with van der Waals surface area (Å²) in [5.74, 6) is 1.44. The largest absolute Gasteiger partial charge is 0.492 e. The van der Waals surface area contributed by atoms with Crippen LogP contribution in [0.4, 0.5) is 5.82 Å². The van der Waals surface area contributed by atoms with Crippen LogP contribution in [0.2, 0.25) is 0 Å². The Kier molecular flexibility index (Phi) is 5.34. The van der Waals surface area contributed by atoms with Gasteiger partial charge in [-0.15, -0.1) is 0 Å². The minimum absolute atomic E-state index is 0.310. The summed E-state index contributed by atoms with van der Waals surface area (Å²) in [5.41, 5.74) is 9.18. The van der Waals surface area contributed by atoms with E-state index in [-0.39, 0.29) is 0 Å². The summed E-state index contributed by atoms with van der Waals surface area (Å²) in [6, 6.07) is 14.2. The van der Waals surface area contributed by atoms with Gasteiger partial charge in [0, 0.05) is 18.3 Å². The highest BCUT2D eigenvalue weighted by Gasteiger charge is 2.27. The first-order valence-corrected chi connectivity index (χ1v) is 9.48. The fraction of sp³-hybridized carbons (Fsp3) is 0.333. The number of piperidine rings is 1. The van der Waals surface area contributed by atoms with Crippen molar-refractivity contribution in [2.75, 3.05) is 25.4 Å². The van der Waals surface area contributed by atoms with E-state index in [1.165, 1.54) is 12.8 Å². The molecule has 0 amide bonds. The van der Waals surface area contributed by atoms with Crippen molar-refractivity contribution < 1.29 is 4.74 Å². The van der Waals surface area contributed by atoms with Crippen molar-refractivity contribution in [3.63, 3.8) is 0 Å². The molecule has 0 unspecified atom stereocenters. The number of nitrogens with one attached hydrogen (secondary N) is 1. The number of ether oxygens (including phenoxy) is 1. The van der Waals surface area contributed by atoms with E-state index < -0.39 is 0 Å². The normalized spacial score (nSPS) is 17.7. The van der Waals surface area contributed by atoms with Crippen LogP contribution in [0, 0.1) is 0 Å². The highest BCUT2D eigenvalue weighted by atomic mass is 16.5. The molecular formula is C21H25N5O. The van der Waals surface area contributed by atoms with Crippen molar-refractivity contribution >= 4 is 5.82 Å². The van der Waals surface area contributed by atoms with Crippen LogP contribution >= 0.6 is 0 Å². The standard InChI is InChI=1S/C21H25N5O/c22-20-14-16(9-10-23-20)18-15-24-25-21(18)19-8-4-5-11-26(19)12-13-27-17-6-2-1-3-7-17/h1-3,6-7,9-10,14-15,19H,4-5,8,11-13H2,(H2,22,23)(H,24,25)/t19-/m0/s1. The Labute approximate surface area is 159 Å². The van der Waals surface area contributed by atoms with E-state index in [1.807, 2.05) is 48.7 Å². The number of benzene rings is 1. The van der Waals surface area contributed by atoms with Crippen LogP contribution in [0.25, 0.3) is 11.1 Å². The van der Waals surface area contributed by atoms with Gasteiger partial charge in [0.05, 0.1) is 17.9 Å². The Hall–Kier alpha value is -2.86. The first-order valence-electron chi connectivity index (χ1n) is 9.48. The molecule has 2 aromatic heterocycles. The molecule has 0 saturated carbocycles. The number of nitrogens with two attached hydrogens (primary N) is 1. The Morgan fingerprint density at radius 2 is 2.07 bits per heavy atom. The Morgan fingerprint density at radius 3 is 2.93 bits per heavy atom. The fourth-order valence-electron chi connectivity index (χ4n) is 3.78. The van der Waals surface area contributed by atoms with Gasteiger partial charge in [-0.1, -0.05) is 24.6 Å². The molecule has 6 heteroatoms. The van der Waals surface area contributed by atoms with Gasteiger partial charge in [0.15, 0.2) is 0 Å². The number of aromatic nitrogens is 3. The Balaban J connectivity index is 1.49. The molecule has 0 spiro atoms. The van der Waals surface area contributed by atoms with E-state index in [1.54, 1.807) is 6.20 Å². The van der Waals surface area contributed by atoms with Crippen molar-refractivity contribution in [2.45, 2.75) is 25.3 Å². The lowest BCUT2D eigenvalue weighted by Gasteiger charge is -2.35. The molecule has 1 atom stereocenters. The van der Waals surface area contributed by atoms with Crippen LogP contribution in [0.15, 0.2) is 54.9 Å². The second-order valence-corrected chi connectivity index (χ2v) is 6.88. The third-order valence-corrected chi connectivity index (χ3v) is 5.10. The molecule has 0 bridgehead atoms. The summed E-state index contributed by atoms with van der Waals surface area (Å²) in [6.45, 7) is 2.63. The van der Waals surface area contributed by atoms with Gasteiger partial charge in [0.1, 0.15) is 18.2 Å². The zero-order valence-electron chi connectivity index (χ0n) is 15.3. The number of hydrogen-bond donors (Lipinski definition) is 2. The Morgan fingerprint density at radius 1 is 1.19 bits per heavy atom. The van der Waals surface area contributed by atoms with E-state index in [9.17, 15) is 0 Å². The van der Waals surface area contributed by atoms with E-state index in [2.05, 4.69) is 20.1 Å². The number of rotatable bonds is 6. The molecule has 4 rings (SSSR count). The van der Waals surface area contributed by atoms with Gasteiger partial charge in [0.2, 0.25) is 0 Å². The summed E-state index contributed by atoms with van der Waals surface area (Å²) in [7, 11) is 0. The predicted molar refractivity (Wildman–Crippen MR) is 106 cm³/mol. The molecule has 3 N–H and O–H groups in total. The molecule has 1 saturated heterocycles. The van der Waals surface area contributed by atoms with Gasteiger partial charge >= 0.3 is 0 Å². The monoisotopic (exact) mass is 363 g/mol. The van der Waals surface area contributed by atoms with E-state index >= 15 is 0 Å². The number of H-pyrrole nitrogens is 1.